The van der Waals surface area contributed by atoms with Gasteiger partial charge in [0.2, 0.25) is 0 Å². The Kier molecular flexibility index (Phi) is 4.61. The number of pyridine rings is 2. The van der Waals surface area contributed by atoms with E-state index < -0.39 is 0 Å². The lowest BCUT2D eigenvalue weighted by Gasteiger charge is -2.09. The van der Waals surface area contributed by atoms with Crippen molar-refractivity contribution in [3.8, 4) is 0 Å². The van der Waals surface area contributed by atoms with Crippen molar-refractivity contribution in [2.45, 2.75) is 6.42 Å². The first-order valence-electron chi connectivity index (χ1n) is 8.26. The largest absolute Gasteiger partial charge is 0.354 e. The molecule has 0 aliphatic heterocycles. The third-order valence-electron chi connectivity index (χ3n) is 3.99. The van der Waals surface area contributed by atoms with Crippen LogP contribution in [0.25, 0.3) is 11.0 Å². The lowest BCUT2D eigenvalue weighted by atomic mass is 10.2. The van der Waals surface area contributed by atoms with Crippen molar-refractivity contribution in [3.05, 3.63) is 70.9 Å². The molecule has 3 N–H and O–H groups in total. The first-order valence-corrected chi connectivity index (χ1v) is 9.14. The van der Waals surface area contributed by atoms with Gasteiger partial charge in [0.1, 0.15) is 10.5 Å². The number of aromatic amines is 1. The van der Waals surface area contributed by atoms with Gasteiger partial charge in [0.15, 0.2) is 0 Å². The van der Waals surface area contributed by atoms with E-state index in [1.165, 1.54) is 11.3 Å². The minimum absolute atomic E-state index is 0.0854. The quantitative estimate of drug-likeness (QED) is 0.487. The molecule has 130 valence electrons. The number of carbonyl (C=O) groups excluding carboxylic acids is 1. The molecule has 0 unspecified atom stereocenters. The maximum absolute atomic E-state index is 12.5. The summed E-state index contributed by atoms with van der Waals surface area (Å²) in [6.45, 7) is 0.546. The topological polar surface area (TPSA) is 82.7 Å². The SMILES string of the molecule is O=C(NCCc1ccccn1)c1sccc1Nc1ccnc2[nH]ccc12. The summed E-state index contributed by atoms with van der Waals surface area (Å²) in [5, 5.41) is 9.21. The number of nitrogens with zero attached hydrogens (tertiary/aromatic N) is 2. The van der Waals surface area contributed by atoms with Gasteiger partial charge in [0.25, 0.3) is 5.91 Å². The molecule has 0 atom stereocenters. The summed E-state index contributed by atoms with van der Waals surface area (Å²) in [7, 11) is 0. The summed E-state index contributed by atoms with van der Waals surface area (Å²) in [6.07, 6.45) is 6.05. The molecule has 4 aromatic rings. The molecule has 0 bridgehead atoms. The van der Waals surface area contributed by atoms with E-state index in [0.29, 0.717) is 17.8 Å². The summed E-state index contributed by atoms with van der Waals surface area (Å²) < 4.78 is 0. The number of aromatic nitrogens is 3. The number of rotatable bonds is 6. The molecule has 0 aliphatic carbocycles. The Morgan fingerprint density at radius 1 is 1.08 bits per heavy atom. The van der Waals surface area contributed by atoms with E-state index in [0.717, 1.165) is 28.1 Å². The number of hydrogen-bond acceptors (Lipinski definition) is 5. The van der Waals surface area contributed by atoms with Crippen LogP contribution in [-0.4, -0.2) is 27.4 Å². The number of H-pyrrole nitrogens is 1. The van der Waals surface area contributed by atoms with Crippen molar-refractivity contribution in [2.24, 2.45) is 0 Å². The number of thiophene rings is 1. The molecule has 4 rings (SSSR count). The highest BCUT2D eigenvalue weighted by atomic mass is 32.1. The van der Waals surface area contributed by atoms with E-state index in [1.807, 2.05) is 48.0 Å². The van der Waals surface area contributed by atoms with Crippen LogP contribution in [0.15, 0.2) is 60.4 Å². The molecule has 0 aliphatic rings. The Bertz CT molecular complexity index is 1020. The van der Waals surface area contributed by atoms with Crippen molar-refractivity contribution >= 4 is 39.7 Å². The van der Waals surface area contributed by atoms with Crippen LogP contribution in [0.2, 0.25) is 0 Å². The average Bonchev–Trinajstić information content (AvgIpc) is 3.32. The minimum Gasteiger partial charge on any atom is -0.354 e. The van der Waals surface area contributed by atoms with Gasteiger partial charge in [0, 0.05) is 42.6 Å². The van der Waals surface area contributed by atoms with E-state index in [2.05, 4.69) is 25.6 Å². The number of amides is 1. The Labute approximate surface area is 154 Å². The Balaban J connectivity index is 1.44. The number of nitrogens with one attached hydrogen (secondary N) is 3. The molecule has 4 aromatic heterocycles. The van der Waals surface area contributed by atoms with E-state index in [9.17, 15) is 4.79 Å². The fraction of sp³-hybridized carbons (Fsp3) is 0.105. The normalized spacial score (nSPS) is 10.8. The summed E-state index contributed by atoms with van der Waals surface area (Å²) in [6, 6.07) is 11.6. The van der Waals surface area contributed by atoms with Gasteiger partial charge in [0.05, 0.1) is 11.4 Å². The predicted molar refractivity (Wildman–Crippen MR) is 104 cm³/mol. The second kappa shape index (κ2) is 7.37. The maximum Gasteiger partial charge on any atom is 0.263 e. The molecular formula is C19H17N5OS. The fourth-order valence-electron chi connectivity index (χ4n) is 2.73. The highest BCUT2D eigenvalue weighted by Crippen LogP contribution is 2.29. The third-order valence-corrected chi connectivity index (χ3v) is 4.91. The van der Waals surface area contributed by atoms with Crippen LogP contribution in [0, 0.1) is 0 Å². The van der Waals surface area contributed by atoms with Crippen LogP contribution >= 0.6 is 11.3 Å². The predicted octanol–water partition coefficient (Wildman–Crippen LogP) is 3.74. The third kappa shape index (κ3) is 3.43. The molecule has 0 saturated heterocycles. The van der Waals surface area contributed by atoms with Crippen LogP contribution in [0.5, 0.6) is 0 Å². The van der Waals surface area contributed by atoms with E-state index in [-0.39, 0.29) is 5.91 Å². The van der Waals surface area contributed by atoms with E-state index in [1.54, 1.807) is 12.4 Å². The Hall–Kier alpha value is -3.19. The molecule has 0 radical (unpaired) electrons. The second-order valence-corrected chi connectivity index (χ2v) is 6.63. The summed E-state index contributed by atoms with van der Waals surface area (Å²) in [5.74, 6) is -0.0854. The molecule has 0 fully saturated rings. The van der Waals surface area contributed by atoms with Gasteiger partial charge in [-0.1, -0.05) is 6.07 Å². The van der Waals surface area contributed by atoms with Gasteiger partial charge in [-0.05, 0) is 35.7 Å². The fourth-order valence-corrected chi connectivity index (χ4v) is 3.49. The molecule has 0 spiro atoms. The number of anilines is 2. The molecule has 7 heteroatoms. The highest BCUT2D eigenvalue weighted by Gasteiger charge is 2.14. The van der Waals surface area contributed by atoms with Crippen molar-refractivity contribution in [3.63, 3.8) is 0 Å². The maximum atomic E-state index is 12.5. The molecule has 0 aromatic carbocycles. The lowest BCUT2D eigenvalue weighted by molar-refractivity contribution is 0.0959. The summed E-state index contributed by atoms with van der Waals surface area (Å²) >= 11 is 1.42. The monoisotopic (exact) mass is 363 g/mol. The standard InChI is InChI=1S/C19H17N5OS/c25-19(23-9-4-13-3-1-2-8-20-13)17-16(7-12-26-17)24-15-6-11-22-18-14(15)5-10-21-18/h1-3,5-8,10-12H,4,9H2,(H,23,25)(H2,21,22,24). The minimum atomic E-state index is -0.0854. The van der Waals surface area contributed by atoms with E-state index >= 15 is 0 Å². The summed E-state index contributed by atoms with van der Waals surface area (Å²) in [4.78, 5) is 24.8. The average molecular weight is 363 g/mol. The summed E-state index contributed by atoms with van der Waals surface area (Å²) in [5.41, 5.74) is 3.48. The Morgan fingerprint density at radius 3 is 2.92 bits per heavy atom. The van der Waals surface area contributed by atoms with Gasteiger partial charge in [-0.15, -0.1) is 11.3 Å². The van der Waals surface area contributed by atoms with Crippen LogP contribution < -0.4 is 10.6 Å². The van der Waals surface area contributed by atoms with Gasteiger partial charge in [-0.2, -0.15) is 0 Å². The molecule has 1 amide bonds. The number of fused-ring (bicyclic) bond motifs is 1. The lowest BCUT2D eigenvalue weighted by Crippen LogP contribution is -2.25. The Morgan fingerprint density at radius 2 is 2.04 bits per heavy atom. The van der Waals surface area contributed by atoms with Crippen LogP contribution in [0.1, 0.15) is 15.4 Å². The van der Waals surface area contributed by atoms with Gasteiger partial charge in [-0.3, -0.25) is 9.78 Å². The number of hydrogen-bond donors (Lipinski definition) is 3. The van der Waals surface area contributed by atoms with Crippen LogP contribution in [-0.2, 0) is 6.42 Å². The zero-order valence-corrected chi connectivity index (χ0v) is 14.7. The zero-order valence-electron chi connectivity index (χ0n) is 13.9. The van der Waals surface area contributed by atoms with Crippen LogP contribution in [0.3, 0.4) is 0 Å². The molecule has 6 nitrogen and oxygen atoms in total. The highest BCUT2D eigenvalue weighted by molar-refractivity contribution is 7.12. The molecule has 4 heterocycles. The van der Waals surface area contributed by atoms with Crippen molar-refractivity contribution in [1.82, 2.24) is 20.3 Å². The first kappa shape index (κ1) is 16.3. The molecular weight excluding hydrogens is 346 g/mol. The second-order valence-electron chi connectivity index (χ2n) is 5.71. The van der Waals surface area contributed by atoms with E-state index in [4.69, 9.17) is 0 Å². The van der Waals surface area contributed by atoms with Gasteiger partial charge >= 0.3 is 0 Å². The molecule has 0 saturated carbocycles. The van der Waals surface area contributed by atoms with Crippen molar-refractivity contribution in [2.75, 3.05) is 11.9 Å². The first-order chi connectivity index (χ1) is 12.8. The van der Waals surface area contributed by atoms with Crippen LogP contribution in [0.4, 0.5) is 11.4 Å². The number of carbonyl (C=O) groups is 1. The van der Waals surface area contributed by atoms with Crippen molar-refractivity contribution in [1.29, 1.82) is 0 Å². The van der Waals surface area contributed by atoms with Gasteiger partial charge < -0.3 is 15.6 Å². The molecule has 26 heavy (non-hydrogen) atoms. The van der Waals surface area contributed by atoms with Crippen molar-refractivity contribution < 1.29 is 4.79 Å². The van der Waals surface area contributed by atoms with Gasteiger partial charge in [-0.25, -0.2) is 4.98 Å². The smallest absolute Gasteiger partial charge is 0.263 e. The zero-order chi connectivity index (χ0) is 17.8.